The summed E-state index contributed by atoms with van der Waals surface area (Å²) in [7, 11) is 0. The van der Waals surface area contributed by atoms with Gasteiger partial charge in [-0.2, -0.15) is 0 Å². The van der Waals surface area contributed by atoms with Crippen LogP contribution in [0, 0.1) is 6.92 Å². The van der Waals surface area contributed by atoms with Crippen LogP contribution in [0.4, 0.5) is 0 Å². The number of nitrogens with zero attached hydrogens (tertiary/aromatic N) is 1. The molecule has 0 saturated carbocycles. The molecule has 0 spiro atoms. The Kier molecular flexibility index (Phi) is 3.92. The highest BCUT2D eigenvalue weighted by Gasteiger charge is 2.04. The van der Waals surface area contributed by atoms with Crippen LogP contribution in [0.25, 0.3) is 11.1 Å². The van der Waals surface area contributed by atoms with Gasteiger partial charge in [-0.25, -0.2) is 0 Å². The Bertz CT molecular complexity index is 488. The Hall–Kier alpha value is -1.19. The molecular formula is C14H18N2S. The Morgan fingerprint density at radius 1 is 1.35 bits per heavy atom. The number of hydrogen-bond acceptors (Lipinski definition) is 3. The van der Waals surface area contributed by atoms with Gasteiger partial charge in [0.05, 0.1) is 0 Å². The number of thiophene rings is 1. The van der Waals surface area contributed by atoms with Crippen molar-refractivity contribution in [1.82, 2.24) is 10.3 Å². The maximum absolute atomic E-state index is 4.32. The van der Waals surface area contributed by atoms with E-state index in [1.807, 2.05) is 12.4 Å². The molecule has 2 rings (SSSR count). The van der Waals surface area contributed by atoms with Gasteiger partial charge in [0.2, 0.25) is 0 Å². The van der Waals surface area contributed by atoms with Crippen molar-refractivity contribution in [2.45, 2.75) is 33.4 Å². The molecule has 1 N–H and O–H groups in total. The molecule has 2 heterocycles. The van der Waals surface area contributed by atoms with Crippen molar-refractivity contribution in [1.29, 1.82) is 0 Å². The summed E-state index contributed by atoms with van der Waals surface area (Å²) in [6.07, 6.45) is 3.87. The minimum absolute atomic E-state index is 0.501. The van der Waals surface area contributed by atoms with Crippen LogP contribution in [0.3, 0.4) is 0 Å². The lowest BCUT2D eigenvalue weighted by atomic mass is 10.1. The van der Waals surface area contributed by atoms with Gasteiger partial charge >= 0.3 is 0 Å². The Balaban J connectivity index is 2.20. The second kappa shape index (κ2) is 5.43. The number of pyridine rings is 1. The second-order valence-corrected chi connectivity index (χ2v) is 5.63. The Morgan fingerprint density at radius 3 is 2.82 bits per heavy atom. The van der Waals surface area contributed by atoms with Gasteiger partial charge in [0.25, 0.3) is 0 Å². The quantitative estimate of drug-likeness (QED) is 0.891. The van der Waals surface area contributed by atoms with E-state index >= 15 is 0 Å². The lowest BCUT2D eigenvalue weighted by Gasteiger charge is -2.09. The molecular weight excluding hydrogens is 228 g/mol. The van der Waals surface area contributed by atoms with E-state index in [-0.39, 0.29) is 0 Å². The molecule has 0 saturated heterocycles. The minimum Gasteiger partial charge on any atom is -0.310 e. The average molecular weight is 246 g/mol. The van der Waals surface area contributed by atoms with Gasteiger partial charge in [-0.1, -0.05) is 13.8 Å². The summed E-state index contributed by atoms with van der Waals surface area (Å²) in [5.74, 6) is 0. The van der Waals surface area contributed by atoms with Gasteiger partial charge in [0, 0.05) is 35.4 Å². The number of hydrogen-bond donors (Lipinski definition) is 1. The predicted molar refractivity (Wildman–Crippen MR) is 74.3 cm³/mol. The van der Waals surface area contributed by atoms with Crippen LogP contribution in [0.1, 0.15) is 24.3 Å². The molecule has 2 aromatic heterocycles. The average Bonchev–Trinajstić information content (AvgIpc) is 2.73. The number of aryl methyl sites for hydroxylation is 1. The fourth-order valence-electron chi connectivity index (χ4n) is 1.74. The molecule has 0 amide bonds. The smallest absolute Gasteiger partial charge is 0.0346 e. The summed E-state index contributed by atoms with van der Waals surface area (Å²) in [4.78, 5) is 5.67. The van der Waals surface area contributed by atoms with Gasteiger partial charge in [0.1, 0.15) is 0 Å². The molecule has 90 valence electrons. The maximum Gasteiger partial charge on any atom is 0.0346 e. The summed E-state index contributed by atoms with van der Waals surface area (Å²) in [6, 6.07) is 4.88. The van der Waals surface area contributed by atoms with Crippen LogP contribution < -0.4 is 5.32 Å². The zero-order valence-electron chi connectivity index (χ0n) is 10.5. The molecule has 17 heavy (non-hydrogen) atoms. The number of rotatable bonds is 4. The molecule has 0 aliphatic rings. The molecule has 3 heteroatoms. The maximum atomic E-state index is 4.32. The standard InChI is InChI=1S/C14H18N2S/c1-10(2)16-8-12-6-13(9-15-7-12)14-4-5-17-11(14)3/h4-7,9-10,16H,8H2,1-3H3. The normalized spacial score (nSPS) is 11.1. The molecule has 0 unspecified atom stereocenters. The lowest BCUT2D eigenvalue weighted by Crippen LogP contribution is -2.21. The first-order valence-electron chi connectivity index (χ1n) is 5.88. The third-order valence-electron chi connectivity index (χ3n) is 2.68. The van der Waals surface area contributed by atoms with Crippen LogP contribution >= 0.6 is 11.3 Å². The number of aromatic nitrogens is 1. The third-order valence-corrected chi connectivity index (χ3v) is 3.52. The molecule has 0 fully saturated rings. The van der Waals surface area contributed by atoms with Crippen LogP contribution in [0.5, 0.6) is 0 Å². The molecule has 0 aliphatic heterocycles. The van der Waals surface area contributed by atoms with E-state index in [9.17, 15) is 0 Å². The van der Waals surface area contributed by atoms with Crippen molar-refractivity contribution >= 4 is 11.3 Å². The van der Waals surface area contributed by atoms with Crippen molar-refractivity contribution < 1.29 is 0 Å². The van der Waals surface area contributed by atoms with E-state index in [0.717, 1.165) is 6.54 Å². The molecule has 2 nitrogen and oxygen atoms in total. The lowest BCUT2D eigenvalue weighted by molar-refractivity contribution is 0.588. The SMILES string of the molecule is Cc1sccc1-c1cncc(CNC(C)C)c1. The molecule has 0 radical (unpaired) electrons. The van der Waals surface area contributed by atoms with Gasteiger partial charge in [-0.05, 0) is 35.6 Å². The van der Waals surface area contributed by atoms with Crippen LogP contribution in [-0.4, -0.2) is 11.0 Å². The first-order valence-corrected chi connectivity index (χ1v) is 6.76. The zero-order chi connectivity index (χ0) is 12.3. The van der Waals surface area contributed by atoms with E-state index < -0.39 is 0 Å². The van der Waals surface area contributed by atoms with E-state index in [0.29, 0.717) is 6.04 Å². The molecule has 2 aromatic rings. The third kappa shape index (κ3) is 3.14. The van der Waals surface area contributed by atoms with E-state index in [1.54, 1.807) is 11.3 Å². The number of nitrogens with one attached hydrogen (secondary N) is 1. The Morgan fingerprint density at radius 2 is 2.18 bits per heavy atom. The van der Waals surface area contributed by atoms with Gasteiger partial charge in [-0.3, -0.25) is 4.98 Å². The first-order chi connectivity index (χ1) is 8.16. The van der Waals surface area contributed by atoms with Crippen molar-refractivity contribution in [3.63, 3.8) is 0 Å². The van der Waals surface area contributed by atoms with E-state index in [2.05, 4.69) is 48.6 Å². The zero-order valence-corrected chi connectivity index (χ0v) is 11.3. The van der Waals surface area contributed by atoms with Gasteiger partial charge in [0.15, 0.2) is 0 Å². The second-order valence-electron chi connectivity index (χ2n) is 4.51. The largest absolute Gasteiger partial charge is 0.310 e. The highest BCUT2D eigenvalue weighted by Crippen LogP contribution is 2.27. The van der Waals surface area contributed by atoms with Crippen LogP contribution in [-0.2, 0) is 6.54 Å². The topological polar surface area (TPSA) is 24.9 Å². The summed E-state index contributed by atoms with van der Waals surface area (Å²) in [6.45, 7) is 7.33. The predicted octanol–water partition coefficient (Wildman–Crippen LogP) is 3.62. The fourth-order valence-corrected chi connectivity index (χ4v) is 2.46. The van der Waals surface area contributed by atoms with Crippen molar-refractivity contribution in [3.05, 3.63) is 40.3 Å². The van der Waals surface area contributed by atoms with Gasteiger partial charge < -0.3 is 5.32 Å². The Labute approximate surface area is 107 Å². The molecule has 0 aromatic carbocycles. The summed E-state index contributed by atoms with van der Waals surface area (Å²) >= 11 is 1.78. The van der Waals surface area contributed by atoms with Crippen molar-refractivity contribution in [2.75, 3.05) is 0 Å². The molecule has 0 aliphatic carbocycles. The minimum atomic E-state index is 0.501. The molecule has 0 atom stereocenters. The van der Waals surface area contributed by atoms with Crippen LogP contribution in [0.15, 0.2) is 29.9 Å². The highest BCUT2D eigenvalue weighted by molar-refractivity contribution is 7.10. The van der Waals surface area contributed by atoms with E-state index in [1.165, 1.54) is 21.6 Å². The first kappa shape index (κ1) is 12.3. The summed E-state index contributed by atoms with van der Waals surface area (Å²) in [5.41, 5.74) is 3.75. The highest BCUT2D eigenvalue weighted by atomic mass is 32.1. The van der Waals surface area contributed by atoms with Crippen LogP contribution in [0.2, 0.25) is 0 Å². The van der Waals surface area contributed by atoms with Crippen molar-refractivity contribution in [2.24, 2.45) is 0 Å². The summed E-state index contributed by atoms with van der Waals surface area (Å²) in [5, 5.41) is 5.54. The van der Waals surface area contributed by atoms with Crippen molar-refractivity contribution in [3.8, 4) is 11.1 Å². The summed E-state index contributed by atoms with van der Waals surface area (Å²) < 4.78 is 0. The molecule has 0 bridgehead atoms. The van der Waals surface area contributed by atoms with Gasteiger partial charge in [-0.15, -0.1) is 11.3 Å². The monoisotopic (exact) mass is 246 g/mol. The van der Waals surface area contributed by atoms with E-state index in [4.69, 9.17) is 0 Å². The fraction of sp³-hybridized carbons (Fsp3) is 0.357.